The molecule has 1 amide bonds. The lowest BCUT2D eigenvalue weighted by Gasteiger charge is -2.08. The molecule has 0 aliphatic carbocycles. The summed E-state index contributed by atoms with van der Waals surface area (Å²) in [7, 11) is -2.01. The number of ether oxygens (including phenoxy) is 1. The van der Waals surface area contributed by atoms with Crippen molar-refractivity contribution in [2.45, 2.75) is 24.7 Å². The number of nitrogens with zero attached hydrogens (tertiary/aromatic N) is 3. The van der Waals surface area contributed by atoms with Crippen LogP contribution in [0.4, 0.5) is 10.2 Å². The largest absolute Gasteiger partial charge is 0.497 e. The van der Waals surface area contributed by atoms with Gasteiger partial charge in [0.05, 0.1) is 28.2 Å². The van der Waals surface area contributed by atoms with E-state index in [1.807, 2.05) is 0 Å². The Bertz CT molecular complexity index is 1410. The number of halogens is 1. The van der Waals surface area contributed by atoms with Crippen LogP contribution in [-0.4, -0.2) is 42.0 Å². The Kier molecular flexibility index (Phi) is 6.43. The second kappa shape index (κ2) is 9.28. The number of anilines is 1. The van der Waals surface area contributed by atoms with Crippen LogP contribution in [0, 0.1) is 12.7 Å². The van der Waals surface area contributed by atoms with Crippen molar-refractivity contribution in [1.29, 1.82) is 0 Å². The molecule has 0 radical (unpaired) electrons. The molecule has 8 nitrogen and oxygen atoms in total. The Morgan fingerprint density at radius 2 is 1.97 bits per heavy atom. The number of sulfone groups is 1. The van der Waals surface area contributed by atoms with E-state index in [2.05, 4.69) is 15.4 Å². The molecule has 2 aromatic carbocycles. The number of thiazole rings is 1. The maximum atomic E-state index is 14.0. The standard InChI is InChI=1S/C22H21FN4O4S2/c1-14-13-19(27(26-14)22-25-21-17(23)5-3-6-18(21)32-22)24-20(28)7-4-12-33(29,30)16-10-8-15(31-2)9-11-16/h3,5-6,8-11,13H,4,7,12H2,1-2H3,(H,24,28). The summed E-state index contributed by atoms with van der Waals surface area (Å²) < 4.78 is 46.2. The number of methoxy groups -OCH3 is 1. The van der Waals surface area contributed by atoms with E-state index in [1.54, 1.807) is 37.3 Å². The molecule has 0 spiro atoms. The SMILES string of the molecule is COc1ccc(S(=O)(=O)CCCC(=O)Nc2cc(C)nn2-c2nc3c(F)cccc3s2)cc1. The number of rotatable bonds is 8. The van der Waals surface area contributed by atoms with Crippen molar-refractivity contribution in [2.24, 2.45) is 0 Å². The molecular weight excluding hydrogens is 467 g/mol. The van der Waals surface area contributed by atoms with Crippen LogP contribution in [-0.2, 0) is 14.6 Å². The smallest absolute Gasteiger partial charge is 0.225 e. The van der Waals surface area contributed by atoms with E-state index in [0.717, 1.165) is 0 Å². The lowest BCUT2D eigenvalue weighted by Crippen LogP contribution is -2.16. The number of hydrogen-bond acceptors (Lipinski definition) is 7. The van der Waals surface area contributed by atoms with Gasteiger partial charge in [-0.3, -0.25) is 4.79 Å². The zero-order valence-corrected chi connectivity index (χ0v) is 19.5. The topological polar surface area (TPSA) is 103 Å². The number of para-hydroxylation sites is 1. The van der Waals surface area contributed by atoms with Crippen LogP contribution in [0.5, 0.6) is 5.75 Å². The van der Waals surface area contributed by atoms with Crippen molar-refractivity contribution in [1.82, 2.24) is 14.8 Å². The lowest BCUT2D eigenvalue weighted by atomic mass is 10.3. The lowest BCUT2D eigenvalue weighted by molar-refractivity contribution is -0.116. The van der Waals surface area contributed by atoms with Gasteiger partial charge in [0.15, 0.2) is 9.84 Å². The van der Waals surface area contributed by atoms with Gasteiger partial charge in [-0.05, 0) is 49.7 Å². The van der Waals surface area contributed by atoms with E-state index in [0.29, 0.717) is 27.1 Å². The normalized spacial score (nSPS) is 11.6. The fraction of sp³-hybridized carbons (Fsp3) is 0.227. The van der Waals surface area contributed by atoms with Crippen LogP contribution >= 0.6 is 11.3 Å². The second-order valence-corrected chi connectivity index (χ2v) is 10.4. The molecule has 0 aliphatic heterocycles. The summed E-state index contributed by atoms with van der Waals surface area (Å²) in [5, 5.41) is 7.52. The predicted octanol–water partition coefficient (Wildman–Crippen LogP) is 4.13. The van der Waals surface area contributed by atoms with Crippen LogP contribution in [0.3, 0.4) is 0 Å². The maximum absolute atomic E-state index is 14.0. The number of aryl methyl sites for hydroxylation is 1. The molecule has 0 bridgehead atoms. The highest BCUT2D eigenvalue weighted by Crippen LogP contribution is 2.28. The highest BCUT2D eigenvalue weighted by Gasteiger charge is 2.18. The number of benzene rings is 2. The molecule has 0 saturated heterocycles. The molecule has 0 unspecified atom stereocenters. The number of fused-ring (bicyclic) bond motifs is 1. The summed E-state index contributed by atoms with van der Waals surface area (Å²) in [5.74, 6) is 0.00400. The maximum Gasteiger partial charge on any atom is 0.225 e. The van der Waals surface area contributed by atoms with Gasteiger partial charge in [-0.15, -0.1) is 0 Å². The minimum atomic E-state index is -3.52. The molecule has 11 heteroatoms. The van der Waals surface area contributed by atoms with Crippen molar-refractivity contribution < 1.29 is 22.3 Å². The summed E-state index contributed by atoms with van der Waals surface area (Å²) >= 11 is 1.25. The van der Waals surface area contributed by atoms with Gasteiger partial charge in [0.1, 0.15) is 22.9 Å². The number of nitrogens with one attached hydrogen (secondary N) is 1. The summed E-state index contributed by atoms with van der Waals surface area (Å²) in [6, 6.07) is 12.5. The number of carbonyl (C=O) groups is 1. The van der Waals surface area contributed by atoms with Crippen molar-refractivity contribution in [3.05, 3.63) is 60.0 Å². The van der Waals surface area contributed by atoms with Gasteiger partial charge in [0, 0.05) is 12.5 Å². The van der Waals surface area contributed by atoms with Gasteiger partial charge in [0.2, 0.25) is 11.0 Å². The quantitative estimate of drug-likeness (QED) is 0.400. The third-order valence-corrected chi connectivity index (χ3v) is 7.69. The Hall–Kier alpha value is -3.31. The van der Waals surface area contributed by atoms with Gasteiger partial charge in [-0.25, -0.2) is 17.8 Å². The number of aromatic nitrogens is 3. The molecule has 2 heterocycles. The van der Waals surface area contributed by atoms with E-state index in [4.69, 9.17) is 4.74 Å². The molecule has 33 heavy (non-hydrogen) atoms. The number of amides is 1. The van der Waals surface area contributed by atoms with E-state index in [9.17, 15) is 17.6 Å². The molecule has 0 atom stereocenters. The summed E-state index contributed by atoms with van der Waals surface area (Å²) in [6.07, 6.45) is 0.160. The Morgan fingerprint density at radius 1 is 1.21 bits per heavy atom. The van der Waals surface area contributed by atoms with Gasteiger partial charge in [-0.1, -0.05) is 17.4 Å². The summed E-state index contributed by atoms with van der Waals surface area (Å²) in [6.45, 7) is 1.77. The summed E-state index contributed by atoms with van der Waals surface area (Å²) in [5.41, 5.74) is 0.888. The number of carbonyl (C=O) groups excluding carboxylic acids is 1. The van der Waals surface area contributed by atoms with Gasteiger partial charge < -0.3 is 10.1 Å². The molecule has 2 aromatic heterocycles. The minimum Gasteiger partial charge on any atom is -0.497 e. The van der Waals surface area contributed by atoms with Crippen LogP contribution in [0.25, 0.3) is 15.3 Å². The molecule has 4 rings (SSSR count). The molecule has 1 N–H and O–H groups in total. The third-order valence-electron chi connectivity index (χ3n) is 4.87. The first-order chi connectivity index (χ1) is 15.8. The van der Waals surface area contributed by atoms with Crippen molar-refractivity contribution in [2.75, 3.05) is 18.2 Å². The Labute approximate surface area is 194 Å². The highest BCUT2D eigenvalue weighted by molar-refractivity contribution is 7.91. The molecule has 0 saturated carbocycles. The first-order valence-corrected chi connectivity index (χ1v) is 12.5. The average molecular weight is 489 g/mol. The van der Waals surface area contributed by atoms with Crippen molar-refractivity contribution in [3.63, 3.8) is 0 Å². The zero-order chi connectivity index (χ0) is 23.6. The highest BCUT2D eigenvalue weighted by atomic mass is 32.2. The van der Waals surface area contributed by atoms with Gasteiger partial charge >= 0.3 is 0 Å². The molecular formula is C22H21FN4O4S2. The molecule has 172 valence electrons. The second-order valence-electron chi connectivity index (χ2n) is 7.31. The average Bonchev–Trinajstić information content (AvgIpc) is 3.37. The Balaban J connectivity index is 1.42. The first kappa shape index (κ1) is 22.9. The van der Waals surface area contributed by atoms with E-state index >= 15 is 0 Å². The van der Waals surface area contributed by atoms with E-state index in [1.165, 1.54) is 41.3 Å². The van der Waals surface area contributed by atoms with E-state index < -0.39 is 15.7 Å². The fourth-order valence-electron chi connectivity index (χ4n) is 3.26. The van der Waals surface area contributed by atoms with Gasteiger partial charge in [-0.2, -0.15) is 9.78 Å². The minimum absolute atomic E-state index is 0.00802. The molecule has 4 aromatic rings. The zero-order valence-electron chi connectivity index (χ0n) is 17.9. The third kappa shape index (κ3) is 5.04. The summed E-state index contributed by atoms with van der Waals surface area (Å²) in [4.78, 5) is 17.0. The molecule has 0 fully saturated rings. The predicted molar refractivity (Wildman–Crippen MR) is 124 cm³/mol. The number of hydrogen-bond donors (Lipinski definition) is 1. The van der Waals surface area contributed by atoms with Crippen LogP contribution in [0.15, 0.2) is 53.4 Å². The van der Waals surface area contributed by atoms with E-state index in [-0.39, 0.29) is 34.9 Å². The van der Waals surface area contributed by atoms with Crippen molar-refractivity contribution >= 4 is 43.1 Å². The molecule has 0 aliphatic rings. The Morgan fingerprint density at radius 3 is 2.67 bits per heavy atom. The first-order valence-electron chi connectivity index (χ1n) is 10.1. The van der Waals surface area contributed by atoms with Crippen LogP contribution < -0.4 is 10.1 Å². The van der Waals surface area contributed by atoms with Crippen molar-refractivity contribution in [3.8, 4) is 10.9 Å². The van der Waals surface area contributed by atoms with Gasteiger partial charge in [0.25, 0.3) is 0 Å². The monoisotopic (exact) mass is 488 g/mol. The fourth-order valence-corrected chi connectivity index (χ4v) is 5.51. The van der Waals surface area contributed by atoms with Crippen LogP contribution in [0.2, 0.25) is 0 Å². The van der Waals surface area contributed by atoms with Crippen LogP contribution in [0.1, 0.15) is 18.5 Å².